The van der Waals surface area contributed by atoms with Crippen LogP contribution < -0.4 is 10.4 Å². The van der Waals surface area contributed by atoms with Crippen LogP contribution in [0.1, 0.15) is 10.4 Å². The first kappa shape index (κ1) is 14.1. The predicted octanol–water partition coefficient (Wildman–Crippen LogP) is 2.75. The van der Waals surface area contributed by atoms with Crippen molar-refractivity contribution in [3.63, 3.8) is 0 Å². The number of nitrogens with zero attached hydrogens (tertiary/aromatic N) is 2. The lowest BCUT2D eigenvalue weighted by molar-refractivity contribution is -0.268. The number of rotatable bonds is 2. The topological polar surface area (TPSA) is 90.2 Å². The number of imidazole rings is 1. The van der Waals surface area contributed by atoms with E-state index in [2.05, 4.69) is 10.3 Å². The second-order valence-corrected chi connectivity index (χ2v) is 5.44. The maximum absolute atomic E-state index is 12.4. The zero-order valence-electron chi connectivity index (χ0n) is 12.4. The van der Waals surface area contributed by atoms with Crippen LogP contribution in [0.2, 0.25) is 0 Å². The van der Waals surface area contributed by atoms with E-state index in [1.165, 1.54) is 12.4 Å². The lowest BCUT2D eigenvalue weighted by Crippen LogP contribution is -2.14. The van der Waals surface area contributed by atoms with E-state index in [-0.39, 0.29) is 11.3 Å². The van der Waals surface area contributed by atoms with Gasteiger partial charge in [0.15, 0.2) is 0 Å². The molecule has 0 fully saturated rings. The minimum atomic E-state index is -0.478. The summed E-state index contributed by atoms with van der Waals surface area (Å²) >= 11 is 0. The van der Waals surface area contributed by atoms with Gasteiger partial charge in [-0.05, 0) is 35.0 Å². The standard InChI is InChI=1S/C18H13N3O3/c22-17-8-12-4-2-1-3-11(12)7-14(17)18(23)20-13-5-6-16-15(9-13)19-10-21(16)24/h1-10,22,24H,(H,20,23)/p-1. The van der Waals surface area contributed by atoms with E-state index in [9.17, 15) is 15.1 Å². The van der Waals surface area contributed by atoms with E-state index in [0.717, 1.165) is 15.5 Å². The SMILES string of the molecule is O=C(Nc1ccc2c(c1)ncn2O)c1cc2ccccc2cc1[O-]. The molecule has 4 rings (SSSR count). The van der Waals surface area contributed by atoms with Gasteiger partial charge in [-0.25, -0.2) is 4.98 Å². The molecule has 6 heteroatoms. The van der Waals surface area contributed by atoms with E-state index in [1.54, 1.807) is 24.3 Å². The van der Waals surface area contributed by atoms with Gasteiger partial charge in [-0.1, -0.05) is 36.1 Å². The summed E-state index contributed by atoms with van der Waals surface area (Å²) in [6, 6.07) is 15.3. The maximum atomic E-state index is 12.4. The molecular weight excluding hydrogens is 306 g/mol. The van der Waals surface area contributed by atoms with Crippen LogP contribution in [0.3, 0.4) is 0 Å². The lowest BCUT2D eigenvalue weighted by atomic mass is 10.1. The first-order valence-electron chi connectivity index (χ1n) is 7.29. The summed E-state index contributed by atoms with van der Waals surface area (Å²) in [4.78, 5) is 16.5. The third-order valence-electron chi connectivity index (χ3n) is 3.88. The Kier molecular flexibility index (Phi) is 3.09. The normalized spacial score (nSPS) is 11.0. The fourth-order valence-electron chi connectivity index (χ4n) is 2.67. The van der Waals surface area contributed by atoms with Crippen molar-refractivity contribution in [3.05, 3.63) is 66.5 Å². The Morgan fingerprint density at radius 2 is 1.83 bits per heavy atom. The number of hydrogen-bond donors (Lipinski definition) is 2. The molecular formula is C18H12N3O3-. The van der Waals surface area contributed by atoms with Crippen LogP contribution in [0, 0.1) is 0 Å². The van der Waals surface area contributed by atoms with E-state index >= 15 is 0 Å². The second-order valence-electron chi connectivity index (χ2n) is 5.44. The number of carbonyl (C=O) groups is 1. The second kappa shape index (κ2) is 5.27. The van der Waals surface area contributed by atoms with Crippen molar-refractivity contribution in [2.24, 2.45) is 0 Å². The van der Waals surface area contributed by atoms with Crippen molar-refractivity contribution in [2.75, 3.05) is 5.32 Å². The molecule has 0 aliphatic heterocycles. The monoisotopic (exact) mass is 318 g/mol. The average molecular weight is 318 g/mol. The minimum Gasteiger partial charge on any atom is -0.872 e. The summed E-state index contributed by atoms with van der Waals surface area (Å²) in [5.41, 5.74) is 1.65. The highest BCUT2D eigenvalue weighted by molar-refractivity contribution is 6.09. The molecule has 6 nitrogen and oxygen atoms in total. The molecule has 0 aliphatic carbocycles. The molecule has 0 spiro atoms. The maximum Gasteiger partial charge on any atom is 0.255 e. The molecule has 4 aromatic rings. The summed E-state index contributed by atoms with van der Waals surface area (Å²) in [6.07, 6.45) is 1.27. The van der Waals surface area contributed by atoms with Crippen molar-refractivity contribution >= 4 is 33.4 Å². The van der Waals surface area contributed by atoms with Gasteiger partial charge >= 0.3 is 0 Å². The number of hydrogen-bond acceptors (Lipinski definition) is 4. The highest BCUT2D eigenvalue weighted by atomic mass is 16.5. The zero-order chi connectivity index (χ0) is 16.7. The number of fused-ring (bicyclic) bond motifs is 2. The van der Waals surface area contributed by atoms with E-state index in [0.29, 0.717) is 16.7 Å². The molecule has 1 amide bonds. The number of aromatic nitrogens is 2. The number of amides is 1. The van der Waals surface area contributed by atoms with Crippen molar-refractivity contribution in [2.45, 2.75) is 0 Å². The number of nitrogens with one attached hydrogen (secondary N) is 1. The zero-order valence-corrected chi connectivity index (χ0v) is 12.4. The Balaban J connectivity index is 1.68. The minimum absolute atomic E-state index is 0.0847. The first-order chi connectivity index (χ1) is 11.6. The summed E-state index contributed by atoms with van der Waals surface area (Å²) in [6.45, 7) is 0. The Bertz CT molecular complexity index is 1090. The highest BCUT2D eigenvalue weighted by Crippen LogP contribution is 2.24. The Labute approximate surface area is 136 Å². The molecule has 1 aromatic heterocycles. The molecule has 24 heavy (non-hydrogen) atoms. The van der Waals surface area contributed by atoms with Crippen LogP contribution in [-0.4, -0.2) is 20.8 Å². The molecule has 118 valence electrons. The van der Waals surface area contributed by atoms with Gasteiger partial charge in [-0.3, -0.25) is 4.79 Å². The number of anilines is 1. The highest BCUT2D eigenvalue weighted by Gasteiger charge is 2.10. The van der Waals surface area contributed by atoms with Crippen LogP contribution in [-0.2, 0) is 0 Å². The third kappa shape index (κ3) is 2.30. The lowest BCUT2D eigenvalue weighted by Gasteiger charge is -2.15. The molecule has 1 heterocycles. The van der Waals surface area contributed by atoms with Crippen LogP contribution in [0.15, 0.2) is 60.9 Å². The fraction of sp³-hybridized carbons (Fsp3) is 0. The number of carbonyl (C=O) groups excluding carboxylic acids is 1. The summed E-state index contributed by atoms with van der Waals surface area (Å²) < 4.78 is 0.903. The first-order valence-corrected chi connectivity index (χ1v) is 7.29. The van der Waals surface area contributed by atoms with Gasteiger partial charge in [0.2, 0.25) is 0 Å². The quantitative estimate of drug-likeness (QED) is 0.556. The van der Waals surface area contributed by atoms with Gasteiger partial charge in [0, 0.05) is 11.3 Å². The van der Waals surface area contributed by atoms with Gasteiger partial charge in [0.1, 0.15) is 11.8 Å². The van der Waals surface area contributed by atoms with E-state index in [4.69, 9.17) is 0 Å². The smallest absolute Gasteiger partial charge is 0.255 e. The van der Waals surface area contributed by atoms with Crippen molar-refractivity contribution in [1.29, 1.82) is 0 Å². The molecule has 0 saturated heterocycles. The Morgan fingerprint density at radius 1 is 1.08 bits per heavy atom. The van der Waals surface area contributed by atoms with Gasteiger partial charge < -0.3 is 15.6 Å². The fourth-order valence-corrected chi connectivity index (χ4v) is 2.67. The van der Waals surface area contributed by atoms with Gasteiger partial charge in [0.05, 0.1) is 5.52 Å². The molecule has 0 saturated carbocycles. The third-order valence-corrected chi connectivity index (χ3v) is 3.88. The molecule has 0 atom stereocenters. The van der Waals surface area contributed by atoms with Gasteiger partial charge in [-0.2, -0.15) is 4.73 Å². The largest absolute Gasteiger partial charge is 0.872 e. The predicted molar refractivity (Wildman–Crippen MR) is 88.3 cm³/mol. The van der Waals surface area contributed by atoms with Crippen LogP contribution >= 0.6 is 0 Å². The van der Waals surface area contributed by atoms with Crippen LogP contribution in [0.25, 0.3) is 21.8 Å². The van der Waals surface area contributed by atoms with Gasteiger partial charge in [-0.15, -0.1) is 0 Å². The average Bonchev–Trinajstić information content (AvgIpc) is 2.94. The molecule has 0 unspecified atom stereocenters. The summed E-state index contributed by atoms with van der Waals surface area (Å²) in [5.74, 6) is -0.805. The summed E-state index contributed by atoms with van der Waals surface area (Å²) in [5, 5.41) is 26.0. The molecule has 2 N–H and O–H groups in total. The van der Waals surface area contributed by atoms with Gasteiger partial charge in [0.25, 0.3) is 5.91 Å². The molecule has 0 radical (unpaired) electrons. The molecule has 0 aliphatic rings. The molecule has 0 bridgehead atoms. The Hall–Kier alpha value is -3.54. The van der Waals surface area contributed by atoms with Crippen LogP contribution in [0.5, 0.6) is 5.75 Å². The number of benzene rings is 3. The van der Waals surface area contributed by atoms with E-state index in [1.807, 2.05) is 24.3 Å². The van der Waals surface area contributed by atoms with Crippen molar-refractivity contribution in [3.8, 4) is 5.75 Å². The van der Waals surface area contributed by atoms with Crippen LogP contribution in [0.4, 0.5) is 5.69 Å². The molecule has 3 aromatic carbocycles. The van der Waals surface area contributed by atoms with Crippen molar-refractivity contribution < 1.29 is 15.1 Å². The Morgan fingerprint density at radius 3 is 2.62 bits per heavy atom. The van der Waals surface area contributed by atoms with E-state index < -0.39 is 5.91 Å². The van der Waals surface area contributed by atoms with Crippen molar-refractivity contribution in [1.82, 2.24) is 9.71 Å². The summed E-state index contributed by atoms with van der Waals surface area (Å²) in [7, 11) is 0.